The number of hydrogen-bond donors (Lipinski definition) is 2. The van der Waals surface area contributed by atoms with Gasteiger partial charge in [-0.05, 0) is 12.1 Å². The predicted octanol–water partition coefficient (Wildman–Crippen LogP) is 1.26. The zero-order chi connectivity index (χ0) is 9.80. The van der Waals surface area contributed by atoms with Gasteiger partial charge in [-0.15, -0.1) is 0 Å². The fourth-order valence-corrected chi connectivity index (χ4v) is 1.02. The summed E-state index contributed by atoms with van der Waals surface area (Å²) in [5.41, 5.74) is 6.99. The molecule has 5 heteroatoms. The zero-order valence-corrected chi connectivity index (χ0v) is 7.47. The number of nitrogens with one attached hydrogen (secondary N) is 1. The highest BCUT2D eigenvalue weighted by molar-refractivity contribution is 5.43. The van der Waals surface area contributed by atoms with E-state index in [0.29, 0.717) is 12.2 Å². The molecule has 0 saturated heterocycles. The van der Waals surface area contributed by atoms with Crippen molar-refractivity contribution in [2.45, 2.75) is 6.54 Å². The minimum absolute atomic E-state index is 0.591. The van der Waals surface area contributed by atoms with Crippen LogP contribution in [-0.2, 0) is 6.54 Å². The molecule has 14 heavy (non-hydrogen) atoms. The first-order chi connectivity index (χ1) is 6.84. The topological polar surface area (TPSA) is 77.0 Å². The van der Waals surface area contributed by atoms with E-state index in [9.17, 15) is 0 Å². The summed E-state index contributed by atoms with van der Waals surface area (Å²) in [6.07, 6.45) is 4.59. The molecular weight excluding hydrogens is 180 g/mol. The van der Waals surface area contributed by atoms with Crippen LogP contribution in [0.25, 0.3) is 0 Å². The lowest BCUT2D eigenvalue weighted by Crippen LogP contribution is -2.01. The first-order valence-corrected chi connectivity index (χ1v) is 4.17. The van der Waals surface area contributed by atoms with Gasteiger partial charge in [-0.25, -0.2) is 9.97 Å². The van der Waals surface area contributed by atoms with Gasteiger partial charge in [0.1, 0.15) is 12.1 Å². The SMILES string of the molecule is Nc1ccc(NCc2cocn2)nc1. The lowest BCUT2D eigenvalue weighted by Gasteiger charge is -2.02. The van der Waals surface area contributed by atoms with Crippen molar-refractivity contribution in [3.05, 3.63) is 36.7 Å². The highest BCUT2D eigenvalue weighted by atomic mass is 16.3. The molecule has 2 aromatic heterocycles. The highest BCUT2D eigenvalue weighted by Gasteiger charge is 1.96. The molecule has 0 aromatic carbocycles. The van der Waals surface area contributed by atoms with Crippen LogP contribution in [-0.4, -0.2) is 9.97 Å². The summed E-state index contributed by atoms with van der Waals surface area (Å²) in [5.74, 6) is 0.766. The summed E-state index contributed by atoms with van der Waals surface area (Å²) in [6.45, 7) is 0.591. The zero-order valence-electron chi connectivity index (χ0n) is 7.47. The second kappa shape index (κ2) is 3.78. The van der Waals surface area contributed by atoms with Crippen LogP contribution in [0.3, 0.4) is 0 Å². The molecule has 0 spiro atoms. The van der Waals surface area contributed by atoms with E-state index in [1.807, 2.05) is 6.07 Å². The third-order valence-corrected chi connectivity index (χ3v) is 1.72. The van der Waals surface area contributed by atoms with Gasteiger partial charge in [-0.1, -0.05) is 0 Å². The molecule has 0 aliphatic heterocycles. The van der Waals surface area contributed by atoms with Crippen LogP contribution in [0.4, 0.5) is 11.5 Å². The molecule has 0 fully saturated rings. The van der Waals surface area contributed by atoms with Crippen LogP contribution in [0, 0.1) is 0 Å². The van der Waals surface area contributed by atoms with E-state index in [2.05, 4.69) is 15.3 Å². The number of nitrogens with zero attached hydrogens (tertiary/aromatic N) is 2. The van der Waals surface area contributed by atoms with Crippen molar-refractivity contribution in [2.75, 3.05) is 11.1 Å². The summed E-state index contributed by atoms with van der Waals surface area (Å²) in [6, 6.07) is 3.60. The molecule has 0 saturated carbocycles. The molecule has 0 radical (unpaired) electrons. The minimum Gasteiger partial charge on any atom is -0.451 e. The van der Waals surface area contributed by atoms with Crippen LogP contribution >= 0.6 is 0 Å². The Bertz CT molecular complexity index is 382. The Morgan fingerprint density at radius 1 is 1.36 bits per heavy atom. The van der Waals surface area contributed by atoms with Gasteiger partial charge in [0.25, 0.3) is 0 Å². The molecule has 3 N–H and O–H groups in total. The monoisotopic (exact) mass is 190 g/mol. The molecule has 5 nitrogen and oxygen atoms in total. The lowest BCUT2D eigenvalue weighted by atomic mass is 10.4. The Labute approximate surface area is 81.0 Å². The molecule has 0 unspecified atom stereocenters. The maximum absolute atomic E-state index is 5.50. The van der Waals surface area contributed by atoms with Crippen molar-refractivity contribution >= 4 is 11.5 Å². The van der Waals surface area contributed by atoms with Crippen molar-refractivity contribution in [1.29, 1.82) is 0 Å². The number of anilines is 2. The molecule has 0 atom stereocenters. The number of nitrogens with two attached hydrogens (primary N) is 1. The molecule has 72 valence electrons. The van der Waals surface area contributed by atoms with Gasteiger partial charge >= 0.3 is 0 Å². The molecule has 2 rings (SSSR count). The second-order valence-corrected chi connectivity index (χ2v) is 2.81. The maximum atomic E-state index is 5.50. The van der Waals surface area contributed by atoms with Crippen LogP contribution in [0.1, 0.15) is 5.69 Å². The maximum Gasteiger partial charge on any atom is 0.180 e. The van der Waals surface area contributed by atoms with E-state index in [1.54, 1.807) is 18.5 Å². The smallest absolute Gasteiger partial charge is 0.180 e. The quantitative estimate of drug-likeness (QED) is 0.762. The Balaban J connectivity index is 1.95. The summed E-state index contributed by atoms with van der Waals surface area (Å²) < 4.78 is 4.83. The van der Waals surface area contributed by atoms with Crippen molar-refractivity contribution in [3.8, 4) is 0 Å². The summed E-state index contributed by atoms with van der Waals surface area (Å²) >= 11 is 0. The minimum atomic E-state index is 0.591. The summed E-state index contributed by atoms with van der Waals surface area (Å²) in [5, 5.41) is 3.09. The average molecular weight is 190 g/mol. The van der Waals surface area contributed by atoms with E-state index in [1.165, 1.54) is 6.39 Å². The van der Waals surface area contributed by atoms with E-state index in [0.717, 1.165) is 11.5 Å². The Hall–Kier alpha value is -2.04. The first kappa shape index (κ1) is 8.55. The van der Waals surface area contributed by atoms with E-state index < -0.39 is 0 Å². The van der Waals surface area contributed by atoms with E-state index in [-0.39, 0.29) is 0 Å². The van der Waals surface area contributed by atoms with E-state index in [4.69, 9.17) is 10.2 Å². The van der Waals surface area contributed by atoms with Gasteiger partial charge in [0, 0.05) is 0 Å². The number of aromatic nitrogens is 2. The molecule has 0 amide bonds. The van der Waals surface area contributed by atoms with E-state index >= 15 is 0 Å². The molecule has 2 aromatic rings. The molecule has 0 aliphatic carbocycles. The number of oxazole rings is 1. The Morgan fingerprint density at radius 2 is 2.29 bits per heavy atom. The Kier molecular flexibility index (Phi) is 2.31. The van der Waals surface area contributed by atoms with Crippen molar-refractivity contribution in [3.63, 3.8) is 0 Å². The van der Waals surface area contributed by atoms with Gasteiger partial charge in [0.15, 0.2) is 6.39 Å². The fraction of sp³-hybridized carbons (Fsp3) is 0.111. The number of hydrogen-bond acceptors (Lipinski definition) is 5. The van der Waals surface area contributed by atoms with Gasteiger partial charge in [-0.3, -0.25) is 0 Å². The fourth-order valence-electron chi connectivity index (χ4n) is 1.02. The summed E-state index contributed by atoms with van der Waals surface area (Å²) in [7, 11) is 0. The highest BCUT2D eigenvalue weighted by Crippen LogP contribution is 2.07. The molecule has 0 bridgehead atoms. The summed E-state index contributed by atoms with van der Waals surface area (Å²) in [4.78, 5) is 8.05. The molecule has 2 heterocycles. The van der Waals surface area contributed by atoms with Crippen molar-refractivity contribution < 1.29 is 4.42 Å². The van der Waals surface area contributed by atoms with Crippen LogP contribution in [0.2, 0.25) is 0 Å². The van der Waals surface area contributed by atoms with Crippen LogP contribution in [0.5, 0.6) is 0 Å². The average Bonchev–Trinajstić information content (AvgIpc) is 2.70. The third kappa shape index (κ3) is 2.01. The van der Waals surface area contributed by atoms with Crippen LogP contribution in [0.15, 0.2) is 35.4 Å². The third-order valence-electron chi connectivity index (χ3n) is 1.72. The normalized spacial score (nSPS) is 10.0. The lowest BCUT2D eigenvalue weighted by molar-refractivity contribution is 0.556. The van der Waals surface area contributed by atoms with Gasteiger partial charge in [0.2, 0.25) is 0 Å². The second-order valence-electron chi connectivity index (χ2n) is 2.81. The number of nitrogen functional groups attached to an aromatic ring is 1. The standard InChI is InChI=1S/C9H10N4O/c10-7-1-2-9(11-3-7)12-4-8-5-14-6-13-8/h1-3,5-6H,4,10H2,(H,11,12). The van der Waals surface area contributed by atoms with Gasteiger partial charge < -0.3 is 15.5 Å². The molecular formula is C9H10N4O. The number of pyridine rings is 1. The van der Waals surface area contributed by atoms with Crippen molar-refractivity contribution in [2.24, 2.45) is 0 Å². The first-order valence-electron chi connectivity index (χ1n) is 4.17. The number of rotatable bonds is 3. The molecule has 0 aliphatic rings. The Morgan fingerprint density at radius 3 is 2.93 bits per heavy atom. The largest absolute Gasteiger partial charge is 0.451 e. The van der Waals surface area contributed by atoms with Crippen molar-refractivity contribution in [1.82, 2.24) is 9.97 Å². The van der Waals surface area contributed by atoms with Gasteiger partial charge in [0.05, 0.1) is 24.1 Å². The van der Waals surface area contributed by atoms with Gasteiger partial charge in [-0.2, -0.15) is 0 Å². The van der Waals surface area contributed by atoms with Crippen LogP contribution < -0.4 is 11.1 Å². The predicted molar refractivity (Wildman–Crippen MR) is 52.5 cm³/mol.